The number of ether oxygens (including phenoxy) is 1. The van der Waals surface area contributed by atoms with Crippen LogP contribution in [0.4, 0.5) is 5.69 Å². The van der Waals surface area contributed by atoms with Gasteiger partial charge in [0.15, 0.2) is 7.11 Å². The molecule has 0 amide bonds. The van der Waals surface area contributed by atoms with Crippen LogP contribution in [-0.2, 0) is 11.4 Å². The number of nitrogens with zero attached hydrogens (tertiary/aromatic N) is 4. The fourth-order valence-corrected chi connectivity index (χ4v) is 2.62. The molecular formula is C17H16ClN4O3+. The first-order valence-corrected chi connectivity index (χ1v) is 7.81. The Balaban J connectivity index is 1.92. The van der Waals surface area contributed by atoms with Crippen LogP contribution in [0.15, 0.2) is 48.9 Å². The molecule has 2 heterocycles. The molecule has 1 aromatic carbocycles. The Morgan fingerprint density at radius 1 is 1.24 bits per heavy atom. The maximum absolute atomic E-state index is 11.4. The van der Waals surface area contributed by atoms with E-state index >= 15 is 0 Å². The molecule has 8 heteroatoms. The molecule has 0 atom stereocenters. The fourth-order valence-electron chi connectivity index (χ4n) is 2.43. The molecule has 3 aromatic rings. The first kappa shape index (κ1) is 16.9. The molecule has 0 aliphatic carbocycles. The van der Waals surface area contributed by atoms with Crippen molar-refractivity contribution in [3.8, 4) is 17.0 Å². The smallest absolute Gasteiger partial charge is 0.354 e. The van der Waals surface area contributed by atoms with Gasteiger partial charge in [0.25, 0.3) is 4.92 Å². The topological polar surface area (TPSA) is 69.2 Å². The Morgan fingerprint density at radius 3 is 2.80 bits per heavy atom. The third-order valence-corrected chi connectivity index (χ3v) is 3.81. The van der Waals surface area contributed by atoms with Crippen molar-refractivity contribution in [1.82, 2.24) is 14.8 Å². The van der Waals surface area contributed by atoms with Crippen molar-refractivity contribution in [2.45, 2.75) is 6.54 Å². The van der Waals surface area contributed by atoms with Gasteiger partial charge >= 0.3 is 5.69 Å². The highest BCUT2D eigenvalue weighted by Gasteiger charge is 2.17. The van der Waals surface area contributed by atoms with E-state index in [0.717, 1.165) is 16.7 Å². The highest BCUT2D eigenvalue weighted by atomic mass is 35.5. The van der Waals surface area contributed by atoms with Gasteiger partial charge in [0.05, 0.1) is 18.6 Å². The van der Waals surface area contributed by atoms with Gasteiger partial charge in [0.2, 0.25) is 5.88 Å². The first-order valence-electron chi connectivity index (χ1n) is 7.43. The quantitative estimate of drug-likeness (QED) is 0.628. The van der Waals surface area contributed by atoms with Gasteiger partial charge in [-0.15, -0.1) is 0 Å². The molecule has 0 saturated heterocycles. The molecule has 0 radical (unpaired) electrons. The van der Waals surface area contributed by atoms with E-state index in [9.17, 15) is 4.91 Å². The number of pyridine rings is 1. The summed E-state index contributed by atoms with van der Waals surface area (Å²) in [7, 11) is 2.87. The van der Waals surface area contributed by atoms with Crippen molar-refractivity contribution in [1.29, 1.82) is 0 Å². The number of halogens is 1. The van der Waals surface area contributed by atoms with Crippen LogP contribution < -0.4 is 4.74 Å². The summed E-state index contributed by atoms with van der Waals surface area (Å²) < 4.78 is 6.98. The molecule has 0 aliphatic heterocycles. The summed E-state index contributed by atoms with van der Waals surface area (Å²) >= 11 is 6.08. The number of methoxy groups -OCH3 is 1. The SMILES string of the molecule is COc1ncc(Cn2cc([N+](=O)OC)cn2)cc1-c1cccc(Cl)c1. The predicted octanol–water partition coefficient (Wildman–Crippen LogP) is 3.63. The molecule has 128 valence electrons. The van der Waals surface area contributed by atoms with Gasteiger partial charge in [0.1, 0.15) is 12.4 Å². The molecule has 0 unspecified atom stereocenters. The summed E-state index contributed by atoms with van der Waals surface area (Å²) in [6.45, 7) is 0.447. The van der Waals surface area contributed by atoms with Crippen LogP contribution in [0, 0.1) is 4.91 Å². The monoisotopic (exact) mass is 359 g/mol. The Hall–Kier alpha value is -2.93. The molecular weight excluding hydrogens is 344 g/mol. The lowest BCUT2D eigenvalue weighted by molar-refractivity contribution is -0.736. The maximum Gasteiger partial charge on any atom is 0.354 e. The third kappa shape index (κ3) is 3.77. The van der Waals surface area contributed by atoms with Crippen LogP contribution in [0.3, 0.4) is 0 Å². The lowest BCUT2D eigenvalue weighted by Gasteiger charge is -2.10. The van der Waals surface area contributed by atoms with Gasteiger partial charge < -0.3 is 4.74 Å². The van der Waals surface area contributed by atoms with Crippen molar-refractivity contribution in [2.75, 3.05) is 14.2 Å². The molecule has 0 saturated carbocycles. The molecule has 0 bridgehead atoms. The molecule has 0 aliphatic rings. The van der Waals surface area contributed by atoms with Gasteiger partial charge in [-0.25, -0.2) is 9.82 Å². The van der Waals surface area contributed by atoms with Crippen LogP contribution in [0.2, 0.25) is 5.02 Å². The lowest BCUT2D eigenvalue weighted by Crippen LogP contribution is -2.02. The second kappa shape index (κ2) is 7.31. The van der Waals surface area contributed by atoms with Gasteiger partial charge in [-0.3, -0.25) is 4.68 Å². The summed E-state index contributed by atoms with van der Waals surface area (Å²) in [4.78, 5) is 20.8. The minimum absolute atomic E-state index is 0.319. The average Bonchev–Trinajstić information content (AvgIpc) is 3.09. The summed E-state index contributed by atoms with van der Waals surface area (Å²) in [6, 6.07) is 9.44. The summed E-state index contributed by atoms with van der Waals surface area (Å²) in [5, 5.41) is 4.79. The average molecular weight is 360 g/mol. The zero-order valence-corrected chi connectivity index (χ0v) is 14.5. The Bertz CT molecular complexity index is 910. The van der Waals surface area contributed by atoms with E-state index in [0.29, 0.717) is 28.1 Å². The number of rotatable bonds is 6. The zero-order chi connectivity index (χ0) is 17.8. The Labute approximate surface area is 149 Å². The maximum atomic E-state index is 11.4. The fraction of sp³-hybridized carbons (Fsp3) is 0.176. The highest BCUT2D eigenvalue weighted by Crippen LogP contribution is 2.30. The first-order chi connectivity index (χ1) is 12.1. The third-order valence-electron chi connectivity index (χ3n) is 3.58. The minimum Gasteiger partial charge on any atom is -0.481 e. The van der Waals surface area contributed by atoms with Crippen molar-refractivity contribution < 1.29 is 14.5 Å². The molecule has 0 N–H and O–H groups in total. The summed E-state index contributed by atoms with van der Waals surface area (Å²) in [5.41, 5.74) is 2.96. The van der Waals surface area contributed by atoms with E-state index in [4.69, 9.17) is 16.3 Å². The summed E-state index contributed by atoms with van der Waals surface area (Å²) in [5.74, 6) is 0.511. The number of benzene rings is 1. The summed E-state index contributed by atoms with van der Waals surface area (Å²) in [6.07, 6.45) is 4.74. The van der Waals surface area contributed by atoms with Crippen LogP contribution in [-0.4, -0.2) is 33.9 Å². The van der Waals surface area contributed by atoms with E-state index in [1.54, 1.807) is 24.2 Å². The standard InChI is InChI=1S/C17H16ClN4O3/c1-24-17-16(13-4-3-5-14(18)7-13)6-12(8-19-17)10-21-11-15(9-20-21)22(23)25-2/h3-9,11H,10H2,1-2H3/q+1. The van der Waals surface area contributed by atoms with Crippen molar-refractivity contribution >= 4 is 17.3 Å². The normalized spacial score (nSPS) is 10.5. The molecule has 25 heavy (non-hydrogen) atoms. The van der Waals surface area contributed by atoms with Crippen molar-refractivity contribution in [2.24, 2.45) is 0 Å². The van der Waals surface area contributed by atoms with Gasteiger partial charge in [-0.1, -0.05) is 23.7 Å². The number of hydrogen-bond donors (Lipinski definition) is 0. The number of hydrogen-bond acceptors (Lipinski definition) is 5. The Morgan fingerprint density at radius 2 is 2.08 bits per heavy atom. The van der Waals surface area contributed by atoms with E-state index in [1.165, 1.54) is 13.3 Å². The van der Waals surface area contributed by atoms with Crippen LogP contribution in [0.1, 0.15) is 5.56 Å². The molecule has 3 rings (SSSR count). The molecule has 0 spiro atoms. The van der Waals surface area contributed by atoms with Crippen molar-refractivity contribution in [3.63, 3.8) is 0 Å². The van der Waals surface area contributed by atoms with Crippen molar-refractivity contribution in [3.05, 3.63) is 64.4 Å². The molecule has 7 nitrogen and oxygen atoms in total. The van der Waals surface area contributed by atoms with E-state index < -0.39 is 0 Å². The van der Waals surface area contributed by atoms with Gasteiger partial charge in [-0.2, -0.15) is 5.10 Å². The van der Waals surface area contributed by atoms with Gasteiger partial charge in [0, 0.05) is 16.8 Å². The lowest BCUT2D eigenvalue weighted by atomic mass is 10.1. The van der Waals surface area contributed by atoms with Crippen LogP contribution in [0.25, 0.3) is 11.1 Å². The number of aromatic nitrogens is 3. The van der Waals surface area contributed by atoms with Crippen LogP contribution in [0.5, 0.6) is 5.88 Å². The zero-order valence-electron chi connectivity index (χ0n) is 13.7. The minimum atomic E-state index is 0.319. The van der Waals surface area contributed by atoms with Crippen LogP contribution >= 0.6 is 11.6 Å². The highest BCUT2D eigenvalue weighted by molar-refractivity contribution is 6.30. The molecule has 0 fully saturated rings. The van der Waals surface area contributed by atoms with E-state index in [2.05, 4.69) is 14.9 Å². The van der Waals surface area contributed by atoms with Gasteiger partial charge in [-0.05, 0) is 29.3 Å². The Kier molecular flexibility index (Phi) is 4.95. The molecule has 2 aromatic heterocycles. The second-order valence-corrected chi connectivity index (χ2v) is 5.68. The van der Waals surface area contributed by atoms with E-state index in [-0.39, 0.29) is 0 Å². The largest absolute Gasteiger partial charge is 0.481 e. The van der Waals surface area contributed by atoms with E-state index in [1.807, 2.05) is 30.3 Å². The predicted molar refractivity (Wildman–Crippen MR) is 92.9 cm³/mol. The second-order valence-electron chi connectivity index (χ2n) is 5.25.